The van der Waals surface area contributed by atoms with Crippen molar-refractivity contribution in [2.75, 3.05) is 19.6 Å². The van der Waals surface area contributed by atoms with Gasteiger partial charge in [-0.15, -0.1) is 0 Å². The monoisotopic (exact) mass is 157 g/mol. The molecule has 11 heavy (non-hydrogen) atoms. The summed E-state index contributed by atoms with van der Waals surface area (Å²) in [5, 5.41) is 6.35. The molecule has 1 amide bonds. The number of primary amides is 1. The van der Waals surface area contributed by atoms with E-state index >= 15 is 0 Å². The van der Waals surface area contributed by atoms with Crippen LogP contribution in [0.4, 0.5) is 0 Å². The molecular weight excluding hydrogens is 142 g/mol. The van der Waals surface area contributed by atoms with Crippen LogP contribution < -0.4 is 16.4 Å². The Balaban J connectivity index is 2.09. The molecule has 1 saturated heterocycles. The van der Waals surface area contributed by atoms with Crippen LogP contribution in [0, 0.1) is 0 Å². The highest BCUT2D eigenvalue weighted by Crippen LogP contribution is 2.00. The lowest BCUT2D eigenvalue weighted by molar-refractivity contribution is -0.117. The maximum Gasteiger partial charge on any atom is 0.231 e. The summed E-state index contributed by atoms with van der Waals surface area (Å²) in [5.74, 6) is -0.275. The lowest BCUT2D eigenvalue weighted by atomic mass is 10.1. The summed E-state index contributed by atoms with van der Waals surface area (Å²) in [6.07, 6.45) is 2.18. The van der Waals surface area contributed by atoms with Crippen molar-refractivity contribution < 1.29 is 4.79 Å². The molecule has 0 aliphatic carbocycles. The Kier molecular flexibility index (Phi) is 3.32. The fourth-order valence-electron chi connectivity index (χ4n) is 1.27. The van der Waals surface area contributed by atoms with Crippen molar-refractivity contribution in [3.8, 4) is 0 Å². The van der Waals surface area contributed by atoms with Crippen LogP contribution in [0.25, 0.3) is 0 Å². The molecule has 1 aliphatic rings. The zero-order valence-electron chi connectivity index (χ0n) is 6.60. The first-order chi connectivity index (χ1) is 5.29. The van der Waals surface area contributed by atoms with E-state index in [4.69, 9.17) is 5.73 Å². The van der Waals surface area contributed by atoms with E-state index in [1.165, 1.54) is 0 Å². The van der Waals surface area contributed by atoms with E-state index in [0.717, 1.165) is 25.9 Å². The molecule has 1 rings (SSSR count). The van der Waals surface area contributed by atoms with E-state index in [-0.39, 0.29) is 5.91 Å². The van der Waals surface area contributed by atoms with Gasteiger partial charge >= 0.3 is 0 Å². The standard InChI is InChI=1S/C7H15N3O/c8-7(11)5-10-6-1-3-9-4-2-6/h6,9-10H,1-5H2,(H2,8,11). The SMILES string of the molecule is NC(=O)CNC1CCNCC1. The highest BCUT2D eigenvalue weighted by atomic mass is 16.1. The van der Waals surface area contributed by atoms with Gasteiger partial charge in [0, 0.05) is 6.04 Å². The first-order valence-corrected chi connectivity index (χ1v) is 4.01. The van der Waals surface area contributed by atoms with E-state index < -0.39 is 0 Å². The quantitative estimate of drug-likeness (QED) is 0.483. The van der Waals surface area contributed by atoms with Crippen LogP contribution in [0.5, 0.6) is 0 Å². The van der Waals surface area contributed by atoms with Crippen molar-refractivity contribution in [1.29, 1.82) is 0 Å². The molecule has 4 nitrogen and oxygen atoms in total. The summed E-state index contributed by atoms with van der Waals surface area (Å²) in [7, 11) is 0. The van der Waals surface area contributed by atoms with E-state index in [2.05, 4.69) is 10.6 Å². The van der Waals surface area contributed by atoms with E-state index in [1.807, 2.05) is 0 Å². The third-order valence-corrected chi connectivity index (χ3v) is 1.90. The predicted octanol–water partition coefficient (Wildman–Crippen LogP) is -1.19. The molecule has 0 spiro atoms. The van der Waals surface area contributed by atoms with Crippen LogP contribution in [0.3, 0.4) is 0 Å². The highest BCUT2D eigenvalue weighted by Gasteiger charge is 2.11. The van der Waals surface area contributed by atoms with Gasteiger partial charge in [-0.25, -0.2) is 0 Å². The van der Waals surface area contributed by atoms with Crippen LogP contribution >= 0.6 is 0 Å². The van der Waals surface area contributed by atoms with Gasteiger partial charge in [0.1, 0.15) is 0 Å². The third kappa shape index (κ3) is 3.34. The lowest BCUT2D eigenvalue weighted by Gasteiger charge is -2.22. The summed E-state index contributed by atoms with van der Waals surface area (Å²) in [6, 6.07) is 0.476. The van der Waals surface area contributed by atoms with Gasteiger partial charge in [-0.2, -0.15) is 0 Å². The summed E-state index contributed by atoms with van der Waals surface area (Å²) >= 11 is 0. The van der Waals surface area contributed by atoms with Crippen LogP contribution in [0.2, 0.25) is 0 Å². The molecule has 0 bridgehead atoms. The van der Waals surface area contributed by atoms with Crippen LogP contribution in [-0.2, 0) is 4.79 Å². The van der Waals surface area contributed by atoms with Gasteiger partial charge in [-0.05, 0) is 25.9 Å². The molecule has 64 valence electrons. The molecule has 0 unspecified atom stereocenters. The Hall–Kier alpha value is -0.610. The first kappa shape index (κ1) is 8.49. The van der Waals surface area contributed by atoms with Gasteiger partial charge in [-0.3, -0.25) is 4.79 Å². The summed E-state index contributed by atoms with van der Waals surface area (Å²) in [4.78, 5) is 10.4. The molecule has 1 heterocycles. The van der Waals surface area contributed by atoms with Crippen molar-refractivity contribution in [1.82, 2.24) is 10.6 Å². The minimum absolute atomic E-state index is 0.275. The number of hydrogen-bond donors (Lipinski definition) is 3. The van der Waals surface area contributed by atoms with Gasteiger partial charge in [0.2, 0.25) is 5.91 Å². The molecule has 1 aliphatic heterocycles. The number of nitrogens with one attached hydrogen (secondary N) is 2. The largest absolute Gasteiger partial charge is 0.369 e. The van der Waals surface area contributed by atoms with Crippen molar-refractivity contribution in [3.05, 3.63) is 0 Å². The van der Waals surface area contributed by atoms with Gasteiger partial charge in [0.05, 0.1) is 6.54 Å². The molecule has 0 saturated carbocycles. The van der Waals surface area contributed by atoms with Crippen molar-refractivity contribution in [3.63, 3.8) is 0 Å². The summed E-state index contributed by atoms with van der Waals surface area (Å²) in [5.41, 5.74) is 4.99. The maximum absolute atomic E-state index is 10.4. The molecule has 4 N–H and O–H groups in total. The Morgan fingerprint density at radius 3 is 2.73 bits per heavy atom. The Labute approximate surface area is 66.5 Å². The average Bonchev–Trinajstić information content (AvgIpc) is 2.03. The smallest absolute Gasteiger partial charge is 0.231 e. The molecule has 0 aromatic carbocycles. The molecular formula is C7H15N3O. The number of rotatable bonds is 3. The topological polar surface area (TPSA) is 67.2 Å². The molecule has 1 fully saturated rings. The highest BCUT2D eigenvalue weighted by molar-refractivity contribution is 5.75. The predicted molar refractivity (Wildman–Crippen MR) is 43.1 cm³/mol. The number of hydrogen-bond acceptors (Lipinski definition) is 3. The van der Waals surface area contributed by atoms with Crippen molar-refractivity contribution in [2.45, 2.75) is 18.9 Å². The Morgan fingerprint density at radius 1 is 1.55 bits per heavy atom. The van der Waals surface area contributed by atoms with Crippen LogP contribution in [0.15, 0.2) is 0 Å². The van der Waals surface area contributed by atoms with Gasteiger partial charge < -0.3 is 16.4 Å². The van der Waals surface area contributed by atoms with E-state index in [0.29, 0.717) is 12.6 Å². The summed E-state index contributed by atoms with van der Waals surface area (Å²) in [6.45, 7) is 2.39. The zero-order chi connectivity index (χ0) is 8.10. The average molecular weight is 157 g/mol. The van der Waals surface area contributed by atoms with Crippen LogP contribution in [-0.4, -0.2) is 31.6 Å². The number of carbonyl (C=O) groups excluding carboxylic acids is 1. The molecule has 0 aromatic heterocycles. The van der Waals surface area contributed by atoms with Crippen molar-refractivity contribution >= 4 is 5.91 Å². The molecule has 0 atom stereocenters. The molecule has 0 aromatic rings. The first-order valence-electron chi connectivity index (χ1n) is 4.01. The normalized spacial score (nSPS) is 20.0. The second kappa shape index (κ2) is 4.31. The fraction of sp³-hybridized carbons (Fsp3) is 0.857. The molecule has 4 heteroatoms. The Morgan fingerprint density at radius 2 is 2.18 bits per heavy atom. The van der Waals surface area contributed by atoms with Crippen molar-refractivity contribution in [2.24, 2.45) is 5.73 Å². The number of nitrogens with two attached hydrogens (primary N) is 1. The zero-order valence-corrected chi connectivity index (χ0v) is 6.60. The number of amides is 1. The molecule has 0 radical (unpaired) electrons. The minimum Gasteiger partial charge on any atom is -0.369 e. The van der Waals surface area contributed by atoms with E-state index in [9.17, 15) is 4.79 Å². The number of carbonyl (C=O) groups is 1. The van der Waals surface area contributed by atoms with Gasteiger partial charge in [-0.1, -0.05) is 0 Å². The van der Waals surface area contributed by atoms with E-state index in [1.54, 1.807) is 0 Å². The lowest BCUT2D eigenvalue weighted by Crippen LogP contribution is -2.43. The minimum atomic E-state index is -0.275. The summed E-state index contributed by atoms with van der Waals surface area (Å²) < 4.78 is 0. The van der Waals surface area contributed by atoms with Gasteiger partial charge in [0.15, 0.2) is 0 Å². The van der Waals surface area contributed by atoms with Crippen LogP contribution in [0.1, 0.15) is 12.8 Å². The Bertz CT molecular complexity index is 132. The number of piperidine rings is 1. The fourth-order valence-corrected chi connectivity index (χ4v) is 1.27. The third-order valence-electron chi connectivity index (χ3n) is 1.90. The van der Waals surface area contributed by atoms with Gasteiger partial charge in [0.25, 0.3) is 0 Å². The second-order valence-corrected chi connectivity index (χ2v) is 2.87. The second-order valence-electron chi connectivity index (χ2n) is 2.87. The maximum atomic E-state index is 10.4.